The maximum Gasteiger partial charge on any atom is 0.345 e. The van der Waals surface area contributed by atoms with Gasteiger partial charge in [0.1, 0.15) is 11.3 Å². The summed E-state index contributed by atoms with van der Waals surface area (Å²) in [5, 5.41) is 11.2. The summed E-state index contributed by atoms with van der Waals surface area (Å²) in [6.07, 6.45) is 0. The number of hydroxylamine groups is 1. The maximum atomic E-state index is 13.1. The molecule has 0 heterocycles. The molecular formula is C26H24NO4+. The topological polar surface area (TPSA) is 58.8 Å². The molecule has 3 aromatic rings. The van der Waals surface area contributed by atoms with Gasteiger partial charge in [0.25, 0.3) is 5.71 Å². The van der Waals surface area contributed by atoms with Crippen LogP contribution >= 0.6 is 0 Å². The summed E-state index contributed by atoms with van der Waals surface area (Å²) in [6.45, 7) is 2.23. The lowest BCUT2D eigenvalue weighted by Crippen LogP contribution is -2.24. The Hall–Kier alpha value is -3.86. The average Bonchev–Trinajstić information content (AvgIpc) is 3.15. The highest BCUT2D eigenvalue weighted by Gasteiger charge is 2.41. The molecule has 5 nitrogen and oxygen atoms in total. The van der Waals surface area contributed by atoms with E-state index in [2.05, 4.69) is 0 Å². The number of methoxy groups -OCH3 is 1. The summed E-state index contributed by atoms with van der Waals surface area (Å²) in [5.74, 6) is 0.167. The molecule has 3 aromatic carbocycles. The van der Waals surface area contributed by atoms with E-state index in [4.69, 9.17) is 9.47 Å². The summed E-state index contributed by atoms with van der Waals surface area (Å²) >= 11 is 0. The number of hydrogen-bond donors (Lipinski definition) is 1. The molecule has 156 valence electrons. The number of ether oxygens (including phenoxy) is 2. The van der Waals surface area contributed by atoms with Crippen molar-refractivity contribution < 1.29 is 24.2 Å². The Morgan fingerprint density at radius 3 is 2.26 bits per heavy atom. The Morgan fingerprint density at radius 1 is 0.935 bits per heavy atom. The van der Waals surface area contributed by atoms with Gasteiger partial charge in [0.05, 0.1) is 19.3 Å². The second-order valence-electron chi connectivity index (χ2n) is 7.14. The molecule has 0 saturated heterocycles. The van der Waals surface area contributed by atoms with Gasteiger partial charge in [-0.3, -0.25) is 5.21 Å². The van der Waals surface area contributed by atoms with Crippen LogP contribution in [-0.4, -0.2) is 35.3 Å². The van der Waals surface area contributed by atoms with Gasteiger partial charge in [0, 0.05) is 11.1 Å². The number of nitrogens with zero attached hydrogens (tertiary/aromatic N) is 1. The fourth-order valence-electron chi connectivity index (χ4n) is 3.86. The summed E-state index contributed by atoms with van der Waals surface area (Å²) in [5.41, 5.74) is 4.85. The van der Waals surface area contributed by atoms with Crippen LogP contribution in [0.3, 0.4) is 0 Å². The van der Waals surface area contributed by atoms with E-state index in [9.17, 15) is 10.0 Å². The number of benzene rings is 3. The zero-order chi connectivity index (χ0) is 21.8. The van der Waals surface area contributed by atoms with E-state index in [0.29, 0.717) is 17.0 Å². The molecule has 0 spiro atoms. The predicted molar refractivity (Wildman–Crippen MR) is 118 cm³/mol. The van der Waals surface area contributed by atoms with Gasteiger partial charge in [-0.15, -0.1) is 0 Å². The quantitative estimate of drug-likeness (QED) is 0.280. The Bertz CT molecular complexity index is 1160. The highest BCUT2D eigenvalue weighted by molar-refractivity contribution is 6.35. The van der Waals surface area contributed by atoms with Crippen molar-refractivity contribution in [3.8, 4) is 5.75 Å². The first-order valence-electron chi connectivity index (χ1n) is 10.2. The van der Waals surface area contributed by atoms with Crippen molar-refractivity contribution in [1.82, 2.24) is 0 Å². The van der Waals surface area contributed by atoms with Gasteiger partial charge in [-0.05, 0) is 41.0 Å². The lowest BCUT2D eigenvalue weighted by molar-refractivity contribution is -0.786. The van der Waals surface area contributed by atoms with Crippen LogP contribution in [0.2, 0.25) is 0 Å². The van der Waals surface area contributed by atoms with Crippen molar-refractivity contribution in [1.29, 1.82) is 0 Å². The third-order valence-corrected chi connectivity index (χ3v) is 5.21. The van der Waals surface area contributed by atoms with Crippen LogP contribution in [-0.2, 0) is 16.1 Å². The molecule has 0 amide bonds. The zero-order valence-corrected chi connectivity index (χ0v) is 17.5. The van der Waals surface area contributed by atoms with E-state index < -0.39 is 5.97 Å². The number of carbonyl (C=O) groups is 1. The first kappa shape index (κ1) is 20.4. The summed E-state index contributed by atoms with van der Waals surface area (Å²) < 4.78 is 12.0. The van der Waals surface area contributed by atoms with Crippen molar-refractivity contribution in [3.63, 3.8) is 0 Å². The number of rotatable bonds is 6. The number of esters is 1. The lowest BCUT2D eigenvalue weighted by Gasteiger charge is -2.08. The Labute approximate surface area is 181 Å². The molecule has 0 fully saturated rings. The first-order valence-corrected chi connectivity index (χ1v) is 10.2. The van der Waals surface area contributed by atoms with Crippen LogP contribution in [0.1, 0.15) is 29.2 Å². The molecule has 1 N–H and O–H groups in total. The van der Waals surface area contributed by atoms with Crippen LogP contribution in [0.15, 0.2) is 84.4 Å². The Balaban J connectivity index is 1.99. The molecule has 5 heteroatoms. The summed E-state index contributed by atoms with van der Waals surface area (Å²) in [6, 6.07) is 24.9. The largest absolute Gasteiger partial charge is 0.497 e. The van der Waals surface area contributed by atoms with E-state index in [-0.39, 0.29) is 13.2 Å². The minimum atomic E-state index is -0.473. The molecule has 1 aliphatic carbocycles. The predicted octanol–water partition coefficient (Wildman–Crippen LogP) is 4.46. The van der Waals surface area contributed by atoms with Crippen molar-refractivity contribution in [2.45, 2.75) is 13.5 Å². The molecule has 0 aliphatic heterocycles. The van der Waals surface area contributed by atoms with Gasteiger partial charge in [0.15, 0.2) is 0 Å². The maximum absolute atomic E-state index is 13.1. The Kier molecular flexibility index (Phi) is 5.85. The van der Waals surface area contributed by atoms with Gasteiger partial charge in [-0.25, -0.2) is 4.79 Å². The standard InChI is InChI=1S/C26H24NO4/c1-3-31-26(28)24-23(19-12-8-5-9-13-19)21-15-14-20(30-2)16-22(21)25(24)27(29)17-18-10-6-4-7-11-18/h4-16,29H,3,17H2,1-2H3/q+1. The van der Waals surface area contributed by atoms with Gasteiger partial charge in [0.2, 0.25) is 6.54 Å². The lowest BCUT2D eigenvalue weighted by atomic mass is 9.97. The summed E-state index contributed by atoms with van der Waals surface area (Å²) in [7, 11) is 1.59. The van der Waals surface area contributed by atoms with Crippen LogP contribution in [0.5, 0.6) is 5.75 Å². The van der Waals surface area contributed by atoms with Crippen LogP contribution in [0.4, 0.5) is 0 Å². The highest BCUT2D eigenvalue weighted by Crippen LogP contribution is 2.40. The second kappa shape index (κ2) is 8.88. The van der Waals surface area contributed by atoms with E-state index in [1.165, 1.54) is 0 Å². The molecule has 0 aromatic heterocycles. The Morgan fingerprint density at radius 2 is 1.61 bits per heavy atom. The number of carbonyl (C=O) groups excluding carboxylic acids is 1. The molecule has 0 saturated carbocycles. The van der Waals surface area contributed by atoms with Gasteiger partial charge >= 0.3 is 5.97 Å². The van der Waals surface area contributed by atoms with Gasteiger partial charge < -0.3 is 9.47 Å². The molecule has 1 aliphatic rings. The molecule has 0 unspecified atom stereocenters. The molecule has 4 rings (SSSR count). The average molecular weight is 414 g/mol. The van der Waals surface area contributed by atoms with Crippen molar-refractivity contribution >= 4 is 17.3 Å². The minimum absolute atomic E-state index is 0.220. The monoisotopic (exact) mass is 414 g/mol. The zero-order valence-electron chi connectivity index (χ0n) is 17.5. The van der Waals surface area contributed by atoms with Gasteiger partial charge in [-0.2, -0.15) is 0 Å². The van der Waals surface area contributed by atoms with Crippen molar-refractivity contribution in [2.24, 2.45) is 0 Å². The number of hydrogen-bond acceptors (Lipinski definition) is 4. The van der Waals surface area contributed by atoms with Crippen LogP contribution in [0.25, 0.3) is 5.57 Å². The van der Waals surface area contributed by atoms with E-state index in [0.717, 1.165) is 32.6 Å². The fraction of sp³-hybridized carbons (Fsp3) is 0.154. The van der Waals surface area contributed by atoms with Crippen LogP contribution in [0, 0.1) is 0 Å². The highest BCUT2D eigenvalue weighted by atomic mass is 16.5. The molecular weight excluding hydrogens is 390 g/mol. The normalized spacial score (nSPS) is 14.3. The minimum Gasteiger partial charge on any atom is -0.497 e. The fourth-order valence-corrected chi connectivity index (χ4v) is 3.86. The molecule has 31 heavy (non-hydrogen) atoms. The van der Waals surface area contributed by atoms with E-state index in [1.54, 1.807) is 14.0 Å². The molecule has 0 radical (unpaired) electrons. The van der Waals surface area contributed by atoms with Gasteiger partial charge in [-0.1, -0.05) is 60.7 Å². The van der Waals surface area contributed by atoms with E-state index in [1.807, 2.05) is 78.9 Å². The number of fused-ring (bicyclic) bond motifs is 1. The second-order valence-corrected chi connectivity index (χ2v) is 7.14. The third-order valence-electron chi connectivity index (χ3n) is 5.21. The van der Waals surface area contributed by atoms with E-state index >= 15 is 0 Å². The molecule has 0 atom stereocenters. The third kappa shape index (κ3) is 3.94. The van der Waals surface area contributed by atoms with Crippen molar-refractivity contribution in [3.05, 3.63) is 107 Å². The summed E-state index contributed by atoms with van der Waals surface area (Å²) in [4.78, 5) is 13.1. The first-order chi connectivity index (χ1) is 15.1. The SMILES string of the molecule is CCOC(=O)C1=C(c2ccccc2)c2ccc(OC)cc2C1=[N+](O)Cc1ccccc1. The smallest absolute Gasteiger partial charge is 0.345 e. The molecule has 0 bridgehead atoms. The van der Waals surface area contributed by atoms with Crippen molar-refractivity contribution in [2.75, 3.05) is 13.7 Å². The van der Waals surface area contributed by atoms with Crippen LogP contribution < -0.4 is 4.74 Å².